The third-order valence-corrected chi connectivity index (χ3v) is 4.33. The van der Waals surface area contributed by atoms with Crippen molar-refractivity contribution in [2.75, 3.05) is 6.61 Å². The maximum Gasteiger partial charge on any atom is 0.123 e. The molecule has 20 heavy (non-hydrogen) atoms. The topological polar surface area (TPSA) is 26.3 Å². The van der Waals surface area contributed by atoms with Gasteiger partial charge in [0.1, 0.15) is 5.75 Å². The maximum absolute atomic E-state index is 12.3. The van der Waals surface area contributed by atoms with E-state index in [0.29, 0.717) is 23.1 Å². The van der Waals surface area contributed by atoms with Crippen molar-refractivity contribution in [3.05, 3.63) is 64.7 Å². The molecule has 2 aromatic carbocycles. The van der Waals surface area contributed by atoms with Gasteiger partial charge in [-0.25, -0.2) is 0 Å². The first-order valence-electron chi connectivity index (χ1n) is 6.49. The minimum Gasteiger partial charge on any atom is -0.494 e. The summed E-state index contributed by atoms with van der Waals surface area (Å²) in [6.45, 7) is 2.55. The van der Waals surface area contributed by atoms with Crippen LogP contribution in [0, 0.1) is 0 Å². The van der Waals surface area contributed by atoms with Gasteiger partial charge in [-0.2, -0.15) is 0 Å². The average Bonchev–Trinajstić information content (AvgIpc) is 2.41. The van der Waals surface area contributed by atoms with Crippen molar-refractivity contribution in [2.24, 2.45) is 0 Å². The number of para-hydroxylation sites is 1. The fourth-order valence-electron chi connectivity index (χ4n) is 1.96. The van der Waals surface area contributed by atoms with Gasteiger partial charge in [-0.1, -0.05) is 41.9 Å². The SMILES string of the molecule is CCOc1ccccc1CS(=O)Cc1cccc(Cl)c1. The third kappa shape index (κ3) is 4.36. The lowest BCUT2D eigenvalue weighted by Crippen LogP contribution is -2.02. The Labute approximate surface area is 127 Å². The lowest BCUT2D eigenvalue weighted by Gasteiger charge is -2.10. The second-order valence-corrected chi connectivity index (χ2v) is 6.29. The molecular formula is C16H17ClO2S. The van der Waals surface area contributed by atoms with Crippen molar-refractivity contribution in [2.45, 2.75) is 18.4 Å². The fraction of sp³-hybridized carbons (Fsp3) is 0.250. The molecule has 0 amide bonds. The van der Waals surface area contributed by atoms with Crippen LogP contribution in [0.25, 0.3) is 0 Å². The van der Waals surface area contributed by atoms with Gasteiger partial charge in [0, 0.05) is 27.1 Å². The molecule has 0 aliphatic heterocycles. The summed E-state index contributed by atoms with van der Waals surface area (Å²) in [6, 6.07) is 15.2. The van der Waals surface area contributed by atoms with Gasteiger partial charge in [0.25, 0.3) is 0 Å². The van der Waals surface area contributed by atoms with E-state index in [1.165, 1.54) is 0 Å². The van der Waals surface area contributed by atoms with Gasteiger partial charge in [-0.15, -0.1) is 0 Å². The Kier molecular flexibility index (Phi) is 5.62. The summed E-state index contributed by atoms with van der Waals surface area (Å²) in [6.07, 6.45) is 0. The molecule has 2 nitrogen and oxygen atoms in total. The molecule has 0 saturated carbocycles. The van der Waals surface area contributed by atoms with Crippen LogP contribution in [0.15, 0.2) is 48.5 Å². The van der Waals surface area contributed by atoms with E-state index < -0.39 is 10.8 Å². The smallest absolute Gasteiger partial charge is 0.123 e. The van der Waals surface area contributed by atoms with E-state index in [-0.39, 0.29) is 0 Å². The Morgan fingerprint density at radius 2 is 1.90 bits per heavy atom. The predicted molar refractivity (Wildman–Crippen MR) is 84.6 cm³/mol. The van der Waals surface area contributed by atoms with E-state index >= 15 is 0 Å². The largest absolute Gasteiger partial charge is 0.494 e. The molecule has 2 rings (SSSR count). The number of rotatable bonds is 6. The van der Waals surface area contributed by atoms with Crippen molar-refractivity contribution in [3.8, 4) is 5.75 Å². The van der Waals surface area contributed by atoms with E-state index in [1.807, 2.05) is 55.5 Å². The quantitative estimate of drug-likeness (QED) is 0.800. The van der Waals surface area contributed by atoms with Crippen LogP contribution in [0.4, 0.5) is 0 Å². The number of benzene rings is 2. The molecule has 1 unspecified atom stereocenters. The number of hydrogen-bond donors (Lipinski definition) is 0. The predicted octanol–water partition coefficient (Wildman–Crippen LogP) is 4.19. The van der Waals surface area contributed by atoms with E-state index in [9.17, 15) is 4.21 Å². The molecule has 0 aliphatic rings. The highest BCUT2D eigenvalue weighted by Gasteiger charge is 2.08. The summed E-state index contributed by atoms with van der Waals surface area (Å²) in [7, 11) is -0.983. The van der Waals surface area contributed by atoms with Crippen LogP contribution in [0.1, 0.15) is 18.1 Å². The first kappa shape index (κ1) is 15.1. The highest BCUT2D eigenvalue weighted by molar-refractivity contribution is 7.83. The standard InChI is InChI=1S/C16H17ClO2S/c1-2-19-16-9-4-3-7-14(16)12-20(18)11-13-6-5-8-15(17)10-13/h3-10H,2,11-12H2,1H3. The van der Waals surface area contributed by atoms with E-state index in [2.05, 4.69) is 0 Å². The first-order valence-corrected chi connectivity index (χ1v) is 8.35. The molecule has 2 aromatic rings. The van der Waals surface area contributed by atoms with Crippen LogP contribution in [0.5, 0.6) is 5.75 Å². The van der Waals surface area contributed by atoms with Gasteiger partial charge >= 0.3 is 0 Å². The third-order valence-electron chi connectivity index (χ3n) is 2.81. The average molecular weight is 309 g/mol. The lowest BCUT2D eigenvalue weighted by molar-refractivity contribution is 0.337. The summed E-state index contributed by atoms with van der Waals surface area (Å²) in [5, 5.41) is 0.675. The zero-order valence-electron chi connectivity index (χ0n) is 11.3. The van der Waals surface area contributed by atoms with E-state index in [1.54, 1.807) is 0 Å². The van der Waals surface area contributed by atoms with Gasteiger partial charge in [0.05, 0.1) is 12.4 Å². The van der Waals surface area contributed by atoms with Crippen molar-refractivity contribution in [1.82, 2.24) is 0 Å². The Morgan fingerprint density at radius 1 is 1.10 bits per heavy atom. The Hall–Kier alpha value is -1.32. The second kappa shape index (κ2) is 7.46. The van der Waals surface area contributed by atoms with Gasteiger partial charge in [0.2, 0.25) is 0 Å². The molecule has 106 valence electrons. The second-order valence-electron chi connectivity index (χ2n) is 4.40. The zero-order chi connectivity index (χ0) is 14.4. The van der Waals surface area contributed by atoms with E-state index in [0.717, 1.165) is 16.9 Å². The minimum atomic E-state index is -0.983. The van der Waals surface area contributed by atoms with Gasteiger partial charge in [-0.05, 0) is 30.7 Å². The zero-order valence-corrected chi connectivity index (χ0v) is 12.9. The molecule has 0 aromatic heterocycles. The van der Waals surface area contributed by atoms with Gasteiger partial charge in [-0.3, -0.25) is 4.21 Å². The number of halogens is 1. The van der Waals surface area contributed by atoms with Crippen LogP contribution >= 0.6 is 11.6 Å². The molecule has 0 fully saturated rings. The van der Waals surface area contributed by atoms with Crippen LogP contribution in [0.2, 0.25) is 5.02 Å². The van der Waals surface area contributed by atoms with E-state index in [4.69, 9.17) is 16.3 Å². The molecule has 0 saturated heterocycles. The van der Waals surface area contributed by atoms with Gasteiger partial charge in [0.15, 0.2) is 0 Å². The summed E-state index contributed by atoms with van der Waals surface area (Å²) in [5.41, 5.74) is 1.97. The molecule has 0 aliphatic carbocycles. The normalized spacial score (nSPS) is 12.1. The Balaban J connectivity index is 2.05. The summed E-state index contributed by atoms with van der Waals surface area (Å²) >= 11 is 5.94. The Morgan fingerprint density at radius 3 is 2.65 bits per heavy atom. The molecule has 0 N–H and O–H groups in total. The first-order chi connectivity index (χ1) is 9.69. The number of ether oxygens (including phenoxy) is 1. The minimum absolute atomic E-state index is 0.489. The molecular weight excluding hydrogens is 292 g/mol. The van der Waals surface area contributed by atoms with Crippen molar-refractivity contribution in [1.29, 1.82) is 0 Å². The molecule has 4 heteroatoms. The van der Waals surface area contributed by atoms with Crippen LogP contribution in [-0.2, 0) is 22.3 Å². The molecule has 0 bridgehead atoms. The highest BCUT2D eigenvalue weighted by atomic mass is 35.5. The molecule has 0 spiro atoms. The van der Waals surface area contributed by atoms with Crippen molar-refractivity contribution >= 4 is 22.4 Å². The fourth-order valence-corrected chi connectivity index (χ4v) is 3.41. The summed E-state index contributed by atoms with van der Waals surface area (Å²) in [5.74, 6) is 1.80. The van der Waals surface area contributed by atoms with Crippen molar-refractivity contribution < 1.29 is 8.95 Å². The Bertz CT molecular complexity index is 599. The molecule has 0 radical (unpaired) electrons. The van der Waals surface area contributed by atoms with Gasteiger partial charge < -0.3 is 4.74 Å². The van der Waals surface area contributed by atoms with Crippen LogP contribution in [-0.4, -0.2) is 10.8 Å². The highest BCUT2D eigenvalue weighted by Crippen LogP contribution is 2.21. The lowest BCUT2D eigenvalue weighted by atomic mass is 10.2. The van der Waals surface area contributed by atoms with Crippen LogP contribution in [0.3, 0.4) is 0 Å². The van der Waals surface area contributed by atoms with Crippen LogP contribution < -0.4 is 4.74 Å². The molecule has 1 atom stereocenters. The number of hydrogen-bond acceptors (Lipinski definition) is 2. The monoisotopic (exact) mass is 308 g/mol. The van der Waals surface area contributed by atoms with Crippen molar-refractivity contribution in [3.63, 3.8) is 0 Å². The molecule has 0 heterocycles. The summed E-state index contributed by atoms with van der Waals surface area (Å²) in [4.78, 5) is 0. The summed E-state index contributed by atoms with van der Waals surface area (Å²) < 4.78 is 17.8. The maximum atomic E-state index is 12.3.